The summed E-state index contributed by atoms with van der Waals surface area (Å²) in [5.74, 6) is -0.548. The molecule has 1 amide bonds. The third kappa shape index (κ3) is 4.96. The standard InChI is InChI=1S/C18H20N2O3S/c1-15-7-9-16(10-8-15)12-14-24(22,23)20(13-11-18(19)21)17-5-3-2-4-6-17/h2-10,12,14H,11,13H2,1H3,(H2,19,21)/b14-12+. The van der Waals surface area contributed by atoms with Crippen LogP contribution < -0.4 is 10.0 Å². The lowest BCUT2D eigenvalue weighted by Crippen LogP contribution is -2.32. The lowest BCUT2D eigenvalue weighted by atomic mass is 10.2. The van der Waals surface area contributed by atoms with Crippen molar-refractivity contribution in [2.24, 2.45) is 5.73 Å². The molecule has 0 aliphatic carbocycles. The van der Waals surface area contributed by atoms with Gasteiger partial charge in [0, 0.05) is 13.0 Å². The molecule has 5 nitrogen and oxygen atoms in total. The molecule has 0 aliphatic rings. The normalized spacial score (nSPS) is 11.5. The molecule has 2 N–H and O–H groups in total. The van der Waals surface area contributed by atoms with Crippen molar-refractivity contribution in [1.82, 2.24) is 0 Å². The van der Waals surface area contributed by atoms with Gasteiger partial charge in [0.1, 0.15) is 0 Å². The Morgan fingerprint density at radius 3 is 2.29 bits per heavy atom. The number of rotatable bonds is 7. The summed E-state index contributed by atoms with van der Waals surface area (Å²) in [7, 11) is -3.73. The number of para-hydroxylation sites is 1. The second-order valence-electron chi connectivity index (χ2n) is 5.38. The van der Waals surface area contributed by atoms with Gasteiger partial charge in [-0.3, -0.25) is 9.10 Å². The van der Waals surface area contributed by atoms with E-state index in [2.05, 4.69) is 0 Å². The smallest absolute Gasteiger partial charge is 0.257 e. The van der Waals surface area contributed by atoms with Crippen molar-refractivity contribution in [1.29, 1.82) is 0 Å². The van der Waals surface area contributed by atoms with Gasteiger partial charge in [0.25, 0.3) is 10.0 Å². The predicted octanol–water partition coefficient (Wildman–Crippen LogP) is 2.68. The van der Waals surface area contributed by atoms with E-state index in [-0.39, 0.29) is 13.0 Å². The van der Waals surface area contributed by atoms with Crippen molar-refractivity contribution >= 4 is 27.7 Å². The Labute approximate surface area is 142 Å². The SMILES string of the molecule is Cc1ccc(/C=C/S(=O)(=O)N(CCC(N)=O)c2ccccc2)cc1. The van der Waals surface area contributed by atoms with Gasteiger partial charge < -0.3 is 5.73 Å². The number of hydrogen-bond donors (Lipinski definition) is 1. The van der Waals surface area contributed by atoms with E-state index in [0.717, 1.165) is 16.5 Å². The summed E-state index contributed by atoms with van der Waals surface area (Å²) in [5.41, 5.74) is 7.54. The quantitative estimate of drug-likeness (QED) is 0.838. The summed E-state index contributed by atoms with van der Waals surface area (Å²) in [6.45, 7) is 1.96. The summed E-state index contributed by atoms with van der Waals surface area (Å²) in [6, 6.07) is 16.1. The lowest BCUT2D eigenvalue weighted by molar-refractivity contribution is -0.117. The zero-order chi connectivity index (χ0) is 17.6. The number of sulfonamides is 1. The number of amides is 1. The summed E-state index contributed by atoms with van der Waals surface area (Å²) >= 11 is 0. The topological polar surface area (TPSA) is 80.5 Å². The fourth-order valence-electron chi connectivity index (χ4n) is 2.12. The molecule has 0 atom stereocenters. The van der Waals surface area contributed by atoms with Gasteiger partial charge in [0.2, 0.25) is 5.91 Å². The Bertz CT molecular complexity index is 813. The molecule has 0 saturated heterocycles. The van der Waals surface area contributed by atoms with Crippen LogP contribution in [0.15, 0.2) is 60.0 Å². The maximum Gasteiger partial charge on any atom is 0.257 e. The van der Waals surface area contributed by atoms with E-state index in [1.165, 1.54) is 10.4 Å². The maximum absolute atomic E-state index is 12.7. The van der Waals surface area contributed by atoms with Crippen molar-refractivity contribution < 1.29 is 13.2 Å². The first-order chi connectivity index (χ1) is 11.4. The van der Waals surface area contributed by atoms with Gasteiger partial charge in [-0.1, -0.05) is 48.0 Å². The molecular formula is C18H20N2O3S. The molecule has 2 aromatic rings. The van der Waals surface area contributed by atoms with Crippen LogP contribution in [-0.2, 0) is 14.8 Å². The molecule has 0 fully saturated rings. The molecule has 0 bridgehead atoms. The summed E-state index contributed by atoms with van der Waals surface area (Å²) in [4.78, 5) is 11.1. The number of nitrogens with two attached hydrogens (primary N) is 1. The zero-order valence-corrected chi connectivity index (χ0v) is 14.2. The molecule has 0 unspecified atom stereocenters. The molecule has 0 aliphatic heterocycles. The Kier molecular flexibility index (Phi) is 5.76. The Morgan fingerprint density at radius 1 is 1.08 bits per heavy atom. The van der Waals surface area contributed by atoms with Crippen LogP contribution in [0.4, 0.5) is 5.69 Å². The Hall–Kier alpha value is -2.60. The lowest BCUT2D eigenvalue weighted by Gasteiger charge is -2.22. The second-order valence-corrected chi connectivity index (χ2v) is 7.13. The molecule has 24 heavy (non-hydrogen) atoms. The van der Waals surface area contributed by atoms with E-state index in [4.69, 9.17) is 5.73 Å². The van der Waals surface area contributed by atoms with Crippen LogP contribution >= 0.6 is 0 Å². The van der Waals surface area contributed by atoms with Crippen LogP contribution in [0.1, 0.15) is 17.5 Å². The fraction of sp³-hybridized carbons (Fsp3) is 0.167. The highest BCUT2D eigenvalue weighted by atomic mass is 32.2. The van der Waals surface area contributed by atoms with Gasteiger partial charge in [-0.2, -0.15) is 0 Å². The Balaban J connectivity index is 2.29. The van der Waals surface area contributed by atoms with Crippen LogP contribution in [0.2, 0.25) is 0 Å². The number of benzene rings is 2. The second kappa shape index (κ2) is 7.79. The number of hydrogen-bond acceptors (Lipinski definition) is 3. The van der Waals surface area contributed by atoms with Crippen LogP contribution in [0, 0.1) is 6.92 Å². The molecule has 2 rings (SSSR count). The number of aryl methyl sites for hydroxylation is 1. The average molecular weight is 344 g/mol. The molecule has 0 spiro atoms. The van der Waals surface area contributed by atoms with Gasteiger partial charge in [-0.25, -0.2) is 8.42 Å². The minimum absolute atomic E-state index is 0.0000815. The minimum Gasteiger partial charge on any atom is -0.370 e. The number of carbonyl (C=O) groups is 1. The summed E-state index contributed by atoms with van der Waals surface area (Å²) in [6.07, 6.45) is 1.49. The van der Waals surface area contributed by atoms with Gasteiger partial charge in [-0.05, 0) is 30.7 Å². The maximum atomic E-state index is 12.7. The average Bonchev–Trinajstić information content (AvgIpc) is 2.55. The third-order valence-corrected chi connectivity index (χ3v) is 4.91. The zero-order valence-electron chi connectivity index (χ0n) is 13.4. The highest BCUT2D eigenvalue weighted by Crippen LogP contribution is 2.19. The van der Waals surface area contributed by atoms with Crippen LogP contribution in [-0.4, -0.2) is 20.9 Å². The van der Waals surface area contributed by atoms with E-state index in [1.807, 2.05) is 31.2 Å². The Morgan fingerprint density at radius 2 is 1.71 bits per heavy atom. The van der Waals surface area contributed by atoms with E-state index >= 15 is 0 Å². The number of nitrogens with zero attached hydrogens (tertiary/aromatic N) is 1. The highest BCUT2D eigenvalue weighted by molar-refractivity contribution is 7.95. The van der Waals surface area contributed by atoms with Gasteiger partial charge >= 0.3 is 0 Å². The predicted molar refractivity (Wildman–Crippen MR) is 96.7 cm³/mol. The van der Waals surface area contributed by atoms with Crippen molar-refractivity contribution in [3.63, 3.8) is 0 Å². The first-order valence-corrected chi connectivity index (χ1v) is 9.00. The fourth-order valence-corrected chi connectivity index (χ4v) is 3.36. The third-order valence-electron chi connectivity index (χ3n) is 3.42. The van der Waals surface area contributed by atoms with Crippen molar-refractivity contribution in [3.8, 4) is 0 Å². The molecule has 0 heterocycles. The monoisotopic (exact) mass is 344 g/mol. The van der Waals surface area contributed by atoms with Gasteiger partial charge in [0.05, 0.1) is 11.1 Å². The van der Waals surface area contributed by atoms with Crippen LogP contribution in [0.25, 0.3) is 6.08 Å². The summed E-state index contributed by atoms with van der Waals surface area (Å²) in [5, 5.41) is 1.14. The van der Waals surface area contributed by atoms with Crippen molar-refractivity contribution in [2.75, 3.05) is 10.8 Å². The summed E-state index contributed by atoms with van der Waals surface area (Å²) < 4.78 is 26.5. The van der Waals surface area contributed by atoms with E-state index < -0.39 is 15.9 Å². The number of primary amides is 1. The minimum atomic E-state index is -3.73. The molecule has 6 heteroatoms. The molecule has 0 saturated carbocycles. The largest absolute Gasteiger partial charge is 0.370 e. The van der Waals surface area contributed by atoms with Crippen molar-refractivity contribution in [2.45, 2.75) is 13.3 Å². The van der Waals surface area contributed by atoms with Gasteiger partial charge in [0.15, 0.2) is 0 Å². The van der Waals surface area contributed by atoms with Crippen LogP contribution in [0.3, 0.4) is 0 Å². The molecular weight excluding hydrogens is 324 g/mol. The first kappa shape index (κ1) is 17.7. The van der Waals surface area contributed by atoms with E-state index in [9.17, 15) is 13.2 Å². The molecule has 0 radical (unpaired) electrons. The van der Waals surface area contributed by atoms with Crippen LogP contribution in [0.5, 0.6) is 0 Å². The van der Waals surface area contributed by atoms with Crippen molar-refractivity contribution in [3.05, 3.63) is 71.1 Å². The molecule has 126 valence electrons. The molecule has 2 aromatic carbocycles. The highest BCUT2D eigenvalue weighted by Gasteiger charge is 2.20. The number of carbonyl (C=O) groups excluding carboxylic acids is 1. The first-order valence-electron chi connectivity index (χ1n) is 7.49. The molecule has 0 aromatic heterocycles. The van der Waals surface area contributed by atoms with Gasteiger partial charge in [-0.15, -0.1) is 0 Å². The van der Waals surface area contributed by atoms with E-state index in [1.54, 1.807) is 30.3 Å². The number of anilines is 1. The van der Waals surface area contributed by atoms with E-state index in [0.29, 0.717) is 5.69 Å².